The highest BCUT2D eigenvalue weighted by atomic mass is 32.2. The number of hydrogen-bond donors (Lipinski definition) is 2. The topological polar surface area (TPSA) is 95.9 Å². The highest BCUT2D eigenvalue weighted by molar-refractivity contribution is 7.87. The molecule has 0 radical (unpaired) electrons. The molecule has 0 saturated carbocycles. The summed E-state index contributed by atoms with van der Waals surface area (Å²) in [5.74, 6) is 0. The highest BCUT2D eigenvalue weighted by Crippen LogP contribution is 2.21. The van der Waals surface area contributed by atoms with Gasteiger partial charge in [0, 0.05) is 19.2 Å². The van der Waals surface area contributed by atoms with E-state index in [1.807, 2.05) is 4.72 Å². The van der Waals surface area contributed by atoms with Crippen molar-refractivity contribution in [3.8, 4) is 0 Å². The molecule has 0 spiro atoms. The molecule has 1 saturated heterocycles. The first-order chi connectivity index (χ1) is 8.86. The summed E-state index contributed by atoms with van der Waals surface area (Å²) < 4.78 is 32.1. The molecule has 0 aromatic carbocycles. The van der Waals surface area contributed by atoms with Gasteiger partial charge in [0.25, 0.3) is 0 Å². The van der Waals surface area contributed by atoms with Crippen molar-refractivity contribution in [1.82, 2.24) is 9.03 Å². The number of ether oxygens (including phenoxy) is 1. The van der Waals surface area contributed by atoms with Gasteiger partial charge in [-0.3, -0.25) is 0 Å². The maximum atomic E-state index is 12.1. The monoisotopic (exact) mass is 294 g/mol. The smallest absolute Gasteiger partial charge is 0.422 e. The fourth-order valence-corrected chi connectivity index (χ4v) is 3.48. The highest BCUT2D eigenvalue weighted by Gasteiger charge is 2.33. The summed E-state index contributed by atoms with van der Waals surface area (Å²) in [6, 6.07) is -0.261. The molecule has 0 aromatic heterocycles. The zero-order valence-corrected chi connectivity index (χ0v) is 12.1. The maximum Gasteiger partial charge on any atom is 0.422 e. The van der Waals surface area contributed by atoms with Gasteiger partial charge in [-0.15, -0.1) is 0 Å². The first kappa shape index (κ1) is 16.2. The summed E-state index contributed by atoms with van der Waals surface area (Å²) in [5, 5.41) is 8.97. The second-order valence-corrected chi connectivity index (χ2v) is 6.46. The van der Waals surface area contributed by atoms with E-state index in [-0.39, 0.29) is 18.8 Å². The molecule has 19 heavy (non-hydrogen) atoms. The standard InChI is InChI=1S/C11H22N2O5S/c1-9(2)18-11(15)12-19(16,17)13-7-4-3-5-10(13)6-8-14/h9-10,14H,3-8H2,1-2H3,(H,12,15). The Bertz CT molecular complexity index is 394. The third-order valence-corrected chi connectivity index (χ3v) is 4.42. The van der Waals surface area contributed by atoms with Gasteiger partial charge in [0.1, 0.15) is 0 Å². The summed E-state index contributed by atoms with van der Waals surface area (Å²) in [6.07, 6.45) is 1.39. The summed E-state index contributed by atoms with van der Waals surface area (Å²) >= 11 is 0. The fraction of sp³-hybridized carbons (Fsp3) is 0.909. The molecule has 1 aliphatic heterocycles. The number of hydrogen-bond acceptors (Lipinski definition) is 5. The van der Waals surface area contributed by atoms with Crippen LogP contribution in [0.15, 0.2) is 0 Å². The quantitative estimate of drug-likeness (QED) is 0.774. The number of aliphatic hydroxyl groups is 1. The molecule has 1 rings (SSSR count). The predicted octanol–water partition coefficient (Wildman–Crippen LogP) is 0.603. The zero-order chi connectivity index (χ0) is 14.5. The van der Waals surface area contributed by atoms with E-state index < -0.39 is 16.3 Å². The fourth-order valence-electron chi connectivity index (χ4n) is 2.13. The van der Waals surface area contributed by atoms with Crippen LogP contribution in [0.25, 0.3) is 0 Å². The predicted molar refractivity (Wildman–Crippen MR) is 69.7 cm³/mol. The minimum atomic E-state index is -3.90. The Morgan fingerprint density at radius 1 is 1.47 bits per heavy atom. The second-order valence-electron chi connectivity index (χ2n) is 4.83. The summed E-state index contributed by atoms with van der Waals surface area (Å²) in [6.45, 7) is 3.56. The molecule has 1 atom stereocenters. The molecule has 7 nitrogen and oxygen atoms in total. The van der Waals surface area contributed by atoms with E-state index in [2.05, 4.69) is 0 Å². The van der Waals surface area contributed by atoms with Crippen molar-refractivity contribution in [2.24, 2.45) is 0 Å². The Balaban J connectivity index is 2.70. The van der Waals surface area contributed by atoms with E-state index in [4.69, 9.17) is 9.84 Å². The average molecular weight is 294 g/mol. The second kappa shape index (κ2) is 7.06. The Labute approximate surface area is 114 Å². The van der Waals surface area contributed by atoms with Crippen molar-refractivity contribution in [2.45, 2.75) is 51.7 Å². The van der Waals surface area contributed by atoms with E-state index >= 15 is 0 Å². The molecule has 2 N–H and O–H groups in total. The molecule has 0 aliphatic carbocycles. The van der Waals surface area contributed by atoms with Gasteiger partial charge in [-0.1, -0.05) is 6.42 Å². The van der Waals surface area contributed by atoms with E-state index in [0.29, 0.717) is 19.4 Å². The van der Waals surface area contributed by atoms with Crippen molar-refractivity contribution in [2.75, 3.05) is 13.2 Å². The Morgan fingerprint density at radius 2 is 2.16 bits per heavy atom. The normalized spacial score (nSPS) is 21.4. The lowest BCUT2D eigenvalue weighted by molar-refractivity contribution is 0.120. The molecule has 1 unspecified atom stereocenters. The van der Waals surface area contributed by atoms with Gasteiger partial charge in [0.15, 0.2) is 0 Å². The molecular weight excluding hydrogens is 272 g/mol. The zero-order valence-electron chi connectivity index (χ0n) is 11.3. The number of nitrogens with one attached hydrogen (secondary N) is 1. The number of piperidine rings is 1. The van der Waals surface area contributed by atoms with Crippen LogP contribution in [0.1, 0.15) is 39.5 Å². The molecule has 1 heterocycles. The molecule has 0 bridgehead atoms. The molecule has 112 valence electrons. The van der Waals surface area contributed by atoms with Crippen LogP contribution in [0.4, 0.5) is 4.79 Å². The van der Waals surface area contributed by atoms with Gasteiger partial charge < -0.3 is 9.84 Å². The maximum absolute atomic E-state index is 12.1. The minimum Gasteiger partial charge on any atom is -0.446 e. The van der Waals surface area contributed by atoms with Crippen molar-refractivity contribution >= 4 is 16.3 Å². The lowest BCUT2D eigenvalue weighted by Gasteiger charge is -2.33. The van der Waals surface area contributed by atoms with Crippen molar-refractivity contribution in [1.29, 1.82) is 0 Å². The summed E-state index contributed by atoms with van der Waals surface area (Å²) in [4.78, 5) is 11.4. The number of nitrogens with zero attached hydrogens (tertiary/aromatic N) is 1. The van der Waals surface area contributed by atoms with Gasteiger partial charge >= 0.3 is 16.3 Å². The SMILES string of the molecule is CC(C)OC(=O)NS(=O)(=O)N1CCCCC1CCO. The van der Waals surface area contributed by atoms with Crippen LogP contribution in [-0.2, 0) is 14.9 Å². The first-order valence-corrected chi connectivity index (χ1v) is 7.92. The number of carbonyl (C=O) groups is 1. The Morgan fingerprint density at radius 3 is 2.74 bits per heavy atom. The summed E-state index contributed by atoms with van der Waals surface area (Å²) in [7, 11) is -3.90. The van der Waals surface area contributed by atoms with Crippen LogP contribution in [-0.4, -0.2) is 49.2 Å². The van der Waals surface area contributed by atoms with Gasteiger partial charge in [0.2, 0.25) is 0 Å². The number of aliphatic hydroxyl groups excluding tert-OH is 1. The van der Waals surface area contributed by atoms with Gasteiger partial charge in [-0.05, 0) is 33.1 Å². The largest absolute Gasteiger partial charge is 0.446 e. The first-order valence-electron chi connectivity index (χ1n) is 6.48. The van der Waals surface area contributed by atoms with Crippen LogP contribution in [0.2, 0.25) is 0 Å². The number of rotatable bonds is 5. The molecule has 1 aliphatic rings. The van der Waals surface area contributed by atoms with Crippen LogP contribution in [0, 0.1) is 0 Å². The number of carbonyl (C=O) groups excluding carboxylic acids is 1. The van der Waals surface area contributed by atoms with Crippen LogP contribution in [0.3, 0.4) is 0 Å². The molecule has 8 heteroatoms. The lowest BCUT2D eigenvalue weighted by Crippen LogP contribution is -2.51. The summed E-state index contributed by atoms with van der Waals surface area (Å²) in [5.41, 5.74) is 0. The average Bonchev–Trinajstić information content (AvgIpc) is 2.27. The minimum absolute atomic E-state index is 0.0763. The van der Waals surface area contributed by atoms with E-state index in [9.17, 15) is 13.2 Å². The Kier molecular flexibility index (Phi) is 6.02. The Hall–Kier alpha value is -0.860. The molecule has 1 fully saturated rings. The van der Waals surface area contributed by atoms with E-state index in [1.54, 1.807) is 13.8 Å². The molecule has 0 aromatic rings. The molecular formula is C11H22N2O5S. The van der Waals surface area contributed by atoms with Crippen LogP contribution >= 0.6 is 0 Å². The van der Waals surface area contributed by atoms with Gasteiger partial charge in [-0.25, -0.2) is 9.52 Å². The third-order valence-electron chi connectivity index (χ3n) is 2.90. The van der Waals surface area contributed by atoms with E-state index in [0.717, 1.165) is 12.8 Å². The van der Waals surface area contributed by atoms with Gasteiger partial charge in [-0.2, -0.15) is 12.7 Å². The third kappa shape index (κ3) is 4.96. The molecule has 1 amide bonds. The van der Waals surface area contributed by atoms with Crippen LogP contribution < -0.4 is 4.72 Å². The van der Waals surface area contributed by atoms with Crippen molar-refractivity contribution in [3.63, 3.8) is 0 Å². The van der Waals surface area contributed by atoms with Gasteiger partial charge in [0.05, 0.1) is 6.10 Å². The number of amides is 1. The van der Waals surface area contributed by atoms with E-state index in [1.165, 1.54) is 4.31 Å². The lowest BCUT2D eigenvalue weighted by atomic mass is 10.0. The van der Waals surface area contributed by atoms with Crippen molar-refractivity contribution in [3.05, 3.63) is 0 Å². The van der Waals surface area contributed by atoms with Crippen LogP contribution in [0.5, 0.6) is 0 Å². The van der Waals surface area contributed by atoms with Crippen molar-refractivity contribution < 1.29 is 23.1 Å².